The highest BCUT2D eigenvalue weighted by Gasteiger charge is 2.26. The number of piperazine rings is 1. The summed E-state index contributed by atoms with van der Waals surface area (Å²) in [5.41, 5.74) is 0.454. The first-order chi connectivity index (χ1) is 13.0. The first-order valence-corrected chi connectivity index (χ1v) is 9.29. The SMILES string of the molecule is CC(C)Cn1nc(-c2nc(C3CNCCN3C)no2)c2ccccc2c1=O. The van der Waals surface area contributed by atoms with Crippen molar-refractivity contribution in [1.29, 1.82) is 0 Å². The number of aromatic nitrogens is 4. The molecule has 3 aromatic rings. The van der Waals surface area contributed by atoms with Gasteiger partial charge in [-0.05, 0) is 19.0 Å². The van der Waals surface area contributed by atoms with Crippen LogP contribution in [-0.2, 0) is 6.54 Å². The topological polar surface area (TPSA) is 89.1 Å². The van der Waals surface area contributed by atoms with Gasteiger partial charge in [0.05, 0.1) is 11.4 Å². The average molecular weight is 368 g/mol. The van der Waals surface area contributed by atoms with Gasteiger partial charge >= 0.3 is 0 Å². The predicted molar refractivity (Wildman–Crippen MR) is 102 cm³/mol. The molecule has 1 aromatic carbocycles. The summed E-state index contributed by atoms with van der Waals surface area (Å²) < 4.78 is 7.07. The van der Waals surface area contributed by atoms with Crippen LogP contribution in [-0.4, -0.2) is 51.5 Å². The molecule has 1 fully saturated rings. The number of benzene rings is 1. The van der Waals surface area contributed by atoms with Gasteiger partial charge in [-0.2, -0.15) is 10.1 Å². The lowest BCUT2D eigenvalue weighted by molar-refractivity contribution is 0.190. The first-order valence-electron chi connectivity index (χ1n) is 9.29. The van der Waals surface area contributed by atoms with Gasteiger partial charge in [-0.15, -0.1) is 0 Å². The molecule has 1 atom stereocenters. The number of nitrogens with one attached hydrogen (secondary N) is 1. The molecular weight excluding hydrogens is 344 g/mol. The normalized spacial score (nSPS) is 18.4. The van der Waals surface area contributed by atoms with Gasteiger partial charge in [-0.1, -0.05) is 37.2 Å². The standard InChI is InChI=1S/C19H24N6O2/c1-12(2)11-25-19(26)14-7-5-4-6-13(14)16(22-25)18-21-17(23-27-18)15-10-20-8-9-24(15)3/h4-7,12,15,20H,8-11H2,1-3H3. The third kappa shape index (κ3) is 3.38. The zero-order valence-electron chi connectivity index (χ0n) is 15.8. The summed E-state index contributed by atoms with van der Waals surface area (Å²) in [5.74, 6) is 1.27. The molecule has 8 heteroatoms. The molecule has 1 aliphatic rings. The van der Waals surface area contributed by atoms with Gasteiger partial charge < -0.3 is 9.84 Å². The van der Waals surface area contributed by atoms with Crippen molar-refractivity contribution in [3.8, 4) is 11.6 Å². The molecule has 0 bridgehead atoms. The number of hydrogen-bond donors (Lipinski definition) is 1. The highest BCUT2D eigenvalue weighted by molar-refractivity contribution is 5.91. The van der Waals surface area contributed by atoms with Crippen LogP contribution in [0.15, 0.2) is 33.6 Å². The lowest BCUT2D eigenvalue weighted by Crippen LogP contribution is -2.44. The van der Waals surface area contributed by atoms with E-state index in [1.807, 2.05) is 24.3 Å². The molecule has 3 heterocycles. The Bertz CT molecular complexity index is 1010. The van der Waals surface area contributed by atoms with Crippen molar-refractivity contribution in [2.45, 2.75) is 26.4 Å². The largest absolute Gasteiger partial charge is 0.332 e. The molecule has 0 amide bonds. The fraction of sp³-hybridized carbons (Fsp3) is 0.474. The highest BCUT2D eigenvalue weighted by atomic mass is 16.5. The van der Waals surface area contributed by atoms with E-state index >= 15 is 0 Å². The van der Waals surface area contributed by atoms with Crippen LogP contribution >= 0.6 is 0 Å². The quantitative estimate of drug-likeness (QED) is 0.749. The summed E-state index contributed by atoms with van der Waals surface area (Å²) in [4.78, 5) is 19.6. The Kier molecular flexibility index (Phi) is 4.75. The summed E-state index contributed by atoms with van der Waals surface area (Å²) >= 11 is 0. The van der Waals surface area contributed by atoms with E-state index in [1.165, 1.54) is 4.68 Å². The van der Waals surface area contributed by atoms with E-state index in [4.69, 9.17) is 4.52 Å². The van der Waals surface area contributed by atoms with Crippen LogP contribution in [0.1, 0.15) is 25.7 Å². The second-order valence-electron chi connectivity index (χ2n) is 7.43. The van der Waals surface area contributed by atoms with E-state index in [-0.39, 0.29) is 11.6 Å². The van der Waals surface area contributed by atoms with Crippen LogP contribution in [0.2, 0.25) is 0 Å². The van der Waals surface area contributed by atoms with Crippen molar-refractivity contribution in [2.75, 3.05) is 26.7 Å². The maximum atomic E-state index is 12.8. The zero-order chi connectivity index (χ0) is 19.0. The van der Waals surface area contributed by atoms with Gasteiger partial charge in [-0.3, -0.25) is 9.69 Å². The number of nitrogens with zero attached hydrogens (tertiary/aromatic N) is 5. The Morgan fingerprint density at radius 2 is 2.07 bits per heavy atom. The van der Waals surface area contributed by atoms with Gasteiger partial charge in [0.15, 0.2) is 11.5 Å². The Morgan fingerprint density at radius 3 is 2.81 bits per heavy atom. The fourth-order valence-corrected chi connectivity index (χ4v) is 3.42. The van der Waals surface area contributed by atoms with Gasteiger partial charge in [0.1, 0.15) is 0 Å². The fourth-order valence-electron chi connectivity index (χ4n) is 3.42. The van der Waals surface area contributed by atoms with Crippen molar-refractivity contribution in [2.24, 2.45) is 5.92 Å². The van der Waals surface area contributed by atoms with Gasteiger partial charge in [-0.25, -0.2) is 4.68 Å². The Hall–Kier alpha value is -2.58. The van der Waals surface area contributed by atoms with Crippen LogP contribution < -0.4 is 10.9 Å². The molecule has 4 rings (SSSR count). The Labute approximate surface area is 157 Å². The van der Waals surface area contributed by atoms with E-state index in [9.17, 15) is 4.79 Å². The van der Waals surface area contributed by atoms with Gasteiger partial charge in [0, 0.05) is 31.6 Å². The molecule has 0 radical (unpaired) electrons. The molecule has 1 saturated heterocycles. The highest BCUT2D eigenvalue weighted by Crippen LogP contribution is 2.26. The lowest BCUT2D eigenvalue weighted by Gasteiger charge is -2.30. The third-order valence-electron chi connectivity index (χ3n) is 4.86. The zero-order valence-corrected chi connectivity index (χ0v) is 15.8. The van der Waals surface area contributed by atoms with Gasteiger partial charge in [0.25, 0.3) is 11.4 Å². The van der Waals surface area contributed by atoms with Crippen molar-refractivity contribution in [3.05, 3.63) is 40.4 Å². The van der Waals surface area contributed by atoms with Crippen molar-refractivity contribution >= 4 is 10.8 Å². The number of fused-ring (bicyclic) bond motifs is 1. The number of rotatable bonds is 4. The van der Waals surface area contributed by atoms with E-state index in [2.05, 4.69) is 46.4 Å². The van der Waals surface area contributed by atoms with Gasteiger partial charge in [0.2, 0.25) is 0 Å². The second kappa shape index (κ2) is 7.21. The Balaban J connectivity index is 1.81. The summed E-state index contributed by atoms with van der Waals surface area (Å²) in [5, 5.41) is 13.5. The monoisotopic (exact) mass is 368 g/mol. The van der Waals surface area contributed by atoms with Crippen LogP contribution in [0.5, 0.6) is 0 Å². The Morgan fingerprint density at radius 1 is 1.30 bits per heavy atom. The number of likely N-dealkylation sites (N-methyl/N-ethyl adjacent to an activating group) is 1. The molecule has 142 valence electrons. The molecular formula is C19H24N6O2. The first kappa shape index (κ1) is 17.8. The molecule has 0 aliphatic carbocycles. The molecule has 2 aromatic heterocycles. The maximum absolute atomic E-state index is 12.8. The molecule has 1 N–H and O–H groups in total. The third-order valence-corrected chi connectivity index (χ3v) is 4.86. The minimum Gasteiger partial charge on any atom is -0.332 e. The van der Waals surface area contributed by atoms with E-state index in [1.54, 1.807) is 0 Å². The number of hydrogen-bond acceptors (Lipinski definition) is 7. The van der Waals surface area contributed by atoms with Crippen molar-refractivity contribution in [3.63, 3.8) is 0 Å². The van der Waals surface area contributed by atoms with Crippen molar-refractivity contribution in [1.82, 2.24) is 30.1 Å². The van der Waals surface area contributed by atoms with E-state index < -0.39 is 0 Å². The maximum Gasteiger partial charge on any atom is 0.279 e. The average Bonchev–Trinajstić information content (AvgIpc) is 3.14. The predicted octanol–water partition coefficient (Wildman–Crippen LogP) is 1.68. The summed E-state index contributed by atoms with van der Waals surface area (Å²) in [6, 6.07) is 7.49. The molecule has 1 aliphatic heterocycles. The smallest absolute Gasteiger partial charge is 0.279 e. The van der Waals surface area contributed by atoms with E-state index in [0.29, 0.717) is 35.3 Å². The van der Waals surface area contributed by atoms with E-state index in [0.717, 1.165) is 25.0 Å². The summed E-state index contributed by atoms with van der Waals surface area (Å²) in [6.45, 7) is 7.29. The summed E-state index contributed by atoms with van der Waals surface area (Å²) in [6.07, 6.45) is 0. The minimum atomic E-state index is -0.0981. The molecule has 27 heavy (non-hydrogen) atoms. The molecule has 0 saturated carbocycles. The molecule has 1 unspecified atom stereocenters. The van der Waals surface area contributed by atoms with Crippen LogP contribution in [0.25, 0.3) is 22.4 Å². The lowest BCUT2D eigenvalue weighted by atomic mass is 10.1. The summed E-state index contributed by atoms with van der Waals surface area (Å²) in [7, 11) is 2.05. The second-order valence-corrected chi connectivity index (χ2v) is 7.43. The van der Waals surface area contributed by atoms with Crippen LogP contribution in [0, 0.1) is 5.92 Å². The molecule has 0 spiro atoms. The van der Waals surface area contributed by atoms with Crippen LogP contribution in [0.3, 0.4) is 0 Å². The molecule has 8 nitrogen and oxygen atoms in total. The van der Waals surface area contributed by atoms with Crippen LogP contribution in [0.4, 0.5) is 0 Å². The minimum absolute atomic E-state index is 0.0593. The van der Waals surface area contributed by atoms with Crippen molar-refractivity contribution < 1.29 is 4.52 Å².